The van der Waals surface area contributed by atoms with Crippen molar-refractivity contribution in [3.8, 4) is 11.5 Å². The molecule has 0 saturated heterocycles. The maximum Gasteiger partial charge on any atom is 0.416 e. The third-order valence-corrected chi connectivity index (χ3v) is 6.08. The number of aryl methyl sites for hydroxylation is 1. The van der Waals surface area contributed by atoms with E-state index in [4.69, 9.17) is 4.74 Å². The molecule has 1 unspecified atom stereocenters. The van der Waals surface area contributed by atoms with Crippen molar-refractivity contribution in [1.29, 1.82) is 0 Å². The van der Waals surface area contributed by atoms with Crippen LogP contribution in [0.1, 0.15) is 64.2 Å². The van der Waals surface area contributed by atoms with Crippen LogP contribution in [-0.4, -0.2) is 11.9 Å². The number of alkyl halides is 3. The summed E-state index contributed by atoms with van der Waals surface area (Å²) in [5.41, 5.74) is -0.212. The Hall–Kier alpha value is -3.75. The van der Waals surface area contributed by atoms with Gasteiger partial charge in [-0.05, 0) is 91.8 Å². The number of hydrogen-bond donors (Lipinski definition) is 1. The Bertz CT molecular complexity index is 1310. The fraction of sp³-hybridized carbons (Fsp3) is 0.259. The number of benzene rings is 3. The van der Waals surface area contributed by atoms with E-state index in [9.17, 15) is 31.5 Å². The molecule has 1 atom stereocenters. The van der Waals surface area contributed by atoms with Crippen molar-refractivity contribution < 1.29 is 36.3 Å². The first-order chi connectivity index (χ1) is 16.9. The average molecular weight is 503 g/mol. The zero-order chi connectivity index (χ0) is 26.2. The second-order valence-electron chi connectivity index (χ2n) is 8.82. The lowest BCUT2D eigenvalue weighted by atomic mass is 9.98. The molecule has 0 aromatic heterocycles. The minimum absolute atomic E-state index is 0.0445. The van der Waals surface area contributed by atoms with Gasteiger partial charge in [-0.2, -0.15) is 17.6 Å². The summed E-state index contributed by atoms with van der Waals surface area (Å²) in [5, 5.41) is 2.52. The van der Waals surface area contributed by atoms with Crippen molar-refractivity contribution in [3.05, 3.63) is 88.2 Å². The second kappa shape index (κ2) is 9.72. The van der Waals surface area contributed by atoms with Crippen LogP contribution in [0.15, 0.2) is 54.6 Å². The van der Waals surface area contributed by atoms with Crippen LogP contribution in [0.3, 0.4) is 0 Å². The average Bonchev–Trinajstić information content (AvgIpc) is 3.65. The SMILES string of the molecule is Cc1cc(F)ccc1Oc1cc(C2CC2)c(C(F)(F)F)cc1C(=O)Nc1ccc(C(C)C(=O)F)cc1. The summed E-state index contributed by atoms with van der Waals surface area (Å²) in [4.78, 5) is 24.1. The standard InChI is InChI=1S/C27H22F5NO3/c1-14-11-18(28)7-10-23(14)36-24-13-20(17-3-4-17)22(27(30,31)32)12-21(24)26(35)33-19-8-5-16(6-9-19)15(2)25(29)34/h5-13,15,17H,3-4H2,1-2H3,(H,33,35). The molecule has 1 amide bonds. The van der Waals surface area contributed by atoms with Gasteiger partial charge in [0, 0.05) is 5.69 Å². The molecule has 36 heavy (non-hydrogen) atoms. The molecule has 0 bridgehead atoms. The topological polar surface area (TPSA) is 55.4 Å². The zero-order valence-electron chi connectivity index (χ0n) is 19.4. The molecule has 1 N–H and O–H groups in total. The lowest BCUT2D eigenvalue weighted by Gasteiger charge is -2.19. The smallest absolute Gasteiger partial charge is 0.416 e. The van der Waals surface area contributed by atoms with Crippen LogP contribution in [0.2, 0.25) is 0 Å². The highest BCUT2D eigenvalue weighted by Gasteiger charge is 2.40. The van der Waals surface area contributed by atoms with Gasteiger partial charge in [0.1, 0.15) is 17.3 Å². The van der Waals surface area contributed by atoms with Gasteiger partial charge >= 0.3 is 12.2 Å². The minimum atomic E-state index is -4.69. The molecule has 1 fully saturated rings. The summed E-state index contributed by atoms with van der Waals surface area (Å²) < 4.78 is 74.0. The second-order valence-corrected chi connectivity index (χ2v) is 8.82. The number of amides is 1. The largest absolute Gasteiger partial charge is 0.456 e. The molecule has 0 aliphatic heterocycles. The van der Waals surface area contributed by atoms with E-state index >= 15 is 0 Å². The van der Waals surface area contributed by atoms with Crippen LogP contribution < -0.4 is 10.1 Å². The Balaban J connectivity index is 1.72. The van der Waals surface area contributed by atoms with Crippen LogP contribution in [-0.2, 0) is 11.0 Å². The van der Waals surface area contributed by atoms with E-state index < -0.39 is 35.4 Å². The summed E-state index contributed by atoms with van der Waals surface area (Å²) in [6.07, 6.45) is -3.50. The number of ether oxygens (including phenoxy) is 1. The number of anilines is 1. The number of nitrogens with one attached hydrogen (secondary N) is 1. The first-order valence-electron chi connectivity index (χ1n) is 11.2. The molecule has 4 nitrogen and oxygen atoms in total. The highest BCUT2D eigenvalue weighted by molar-refractivity contribution is 6.06. The number of carbonyl (C=O) groups excluding carboxylic acids is 2. The summed E-state index contributed by atoms with van der Waals surface area (Å²) in [7, 11) is 0. The normalized spacial score (nSPS) is 14.3. The summed E-state index contributed by atoms with van der Waals surface area (Å²) in [6, 6.07) is 9.91. The van der Waals surface area contributed by atoms with E-state index in [-0.39, 0.29) is 34.2 Å². The highest BCUT2D eigenvalue weighted by Crippen LogP contribution is 2.48. The molecule has 0 spiro atoms. The van der Waals surface area contributed by atoms with E-state index in [1.807, 2.05) is 0 Å². The maximum atomic E-state index is 13.9. The van der Waals surface area contributed by atoms with Crippen LogP contribution >= 0.6 is 0 Å². The molecule has 0 radical (unpaired) electrons. The molecular formula is C27H22F5NO3. The van der Waals surface area contributed by atoms with Crippen LogP contribution in [0, 0.1) is 12.7 Å². The van der Waals surface area contributed by atoms with Crippen molar-refractivity contribution in [2.24, 2.45) is 0 Å². The molecule has 1 aliphatic rings. The third kappa shape index (κ3) is 5.56. The first kappa shape index (κ1) is 25.3. The monoisotopic (exact) mass is 503 g/mol. The highest BCUT2D eigenvalue weighted by atomic mass is 19.4. The van der Waals surface area contributed by atoms with Gasteiger partial charge in [-0.15, -0.1) is 0 Å². The van der Waals surface area contributed by atoms with E-state index in [2.05, 4.69) is 5.32 Å². The Morgan fingerprint density at radius 1 is 1.00 bits per heavy atom. The van der Waals surface area contributed by atoms with E-state index in [1.54, 1.807) is 6.92 Å². The molecule has 1 saturated carbocycles. The molecule has 3 aromatic rings. The van der Waals surface area contributed by atoms with Crippen molar-refractivity contribution >= 4 is 17.6 Å². The van der Waals surface area contributed by atoms with Gasteiger partial charge in [-0.3, -0.25) is 9.59 Å². The predicted molar refractivity (Wildman–Crippen MR) is 124 cm³/mol. The van der Waals surface area contributed by atoms with Gasteiger partial charge in [0.25, 0.3) is 5.91 Å². The third-order valence-electron chi connectivity index (χ3n) is 6.08. The van der Waals surface area contributed by atoms with Gasteiger partial charge < -0.3 is 10.1 Å². The lowest BCUT2D eigenvalue weighted by Crippen LogP contribution is -2.17. The molecular weight excluding hydrogens is 481 g/mol. The Morgan fingerprint density at radius 2 is 1.67 bits per heavy atom. The van der Waals surface area contributed by atoms with E-state index in [1.165, 1.54) is 49.4 Å². The number of halogens is 5. The van der Waals surface area contributed by atoms with Crippen molar-refractivity contribution in [2.45, 2.75) is 44.7 Å². The summed E-state index contributed by atoms with van der Waals surface area (Å²) in [5.74, 6) is -2.54. The number of hydrogen-bond acceptors (Lipinski definition) is 3. The molecule has 9 heteroatoms. The van der Waals surface area contributed by atoms with Gasteiger partial charge in [0.15, 0.2) is 0 Å². The van der Waals surface area contributed by atoms with Gasteiger partial charge in [0.2, 0.25) is 0 Å². The fourth-order valence-corrected chi connectivity index (χ4v) is 3.87. The van der Waals surface area contributed by atoms with Crippen LogP contribution in [0.4, 0.5) is 27.6 Å². The fourth-order valence-electron chi connectivity index (χ4n) is 3.87. The summed E-state index contributed by atoms with van der Waals surface area (Å²) >= 11 is 0. The van der Waals surface area contributed by atoms with Crippen LogP contribution in [0.5, 0.6) is 11.5 Å². The molecule has 4 rings (SSSR count). The lowest BCUT2D eigenvalue weighted by molar-refractivity contribution is -0.138. The number of carbonyl (C=O) groups is 2. The molecule has 1 aliphatic carbocycles. The van der Waals surface area contributed by atoms with E-state index in [0.717, 1.165) is 12.1 Å². The maximum absolute atomic E-state index is 13.9. The number of rotatable bonds is 7. The quantitative estimate of drug-likeness (QED) is 0.266. The minimum Gasteiger partial charge on any atom is -0.456 e. The first-order valence-corrected chi connectivity index (χ1v) is 11.2. The predicted octanol–water partition coefficient (Wildman–Crippen LogP) is 7.67. The van der Waals surface area contributed by atoms with E-state index in [0.29, 0.717) is 24.0 Å². The van der Waals surface area contributed by atoms with Crippen molar-refractivity contribution in [2.75, 3.05) is 5.32 Å². The Labute approximate surface area is 204 Å². The van der Waals surface area contributed by atoms with Crippen molar-refractivity contribution in [1.82, 2.24) is 0 Å². The van der Waals surface area contributed by atoms with Gasteiger partial charge in [-0.25, -0.2) is 4.39 Å². The molecule has 3 aromatic carbocycles. The molecule has 188 valence electrons. The summed E-state index contributed by atoms with van der Waals surface area (Å²) in [6.45, 7) is 2.96. The van der Waals surface area contributed by atoms with Gasteiger partial charge in [-0.1, -0.05) is 12.1 Å². The Kier molecular flexibility index (Phi) is 6.84. The van der Waals surface area contributed by atoms with Crippen molar-refractivity contribution in [3.63, 3.8) is 0 Å². The Morgan fingerprint density at radius 3 is 2.22 bits per heavy atom. The zero-order valence-corrected chi connectivity index (χ0v) is 19.4. The molecule has 0 heterocycles. The van der Waals surface area contributed by atoms with Crippen LogP contribution in [0.25, 0.3) is 0 Å². The van der Waals surface area contributed by atoms with Gasteiger partial charge in [0.05, 0.1) is 17.0 Å².